The molecular formula is C24H33N7O3. The van der Waals surface area contributed by atoms with Crippen LogP contribution in [0.15, 0.2) is 28.7 Å². The molecule has 1 saturated heterocycles. The van der Waals surface area contributed by atoms with Gasteiger partial charge in [-0.15, -0.1) is 0 Å². The number of hydrogen-bond donors (Lipinski definition) is 1. The summed E-state index contributed by atoms with van der Waals surface area (Å²) in [5.74, 6) is 2.58. The molecule has 1 aliphatic heterocycles. The average Bonchev–Trinajstić information content (AvgIpc) is 3.52. The number of methoxy groups -OCH3 is 1. The summed E-state index contributed by atoms with van der Waals surface area (Å²) < 4.78 is 12.7. The summed E-state index contributed by atoms with van der Waals surface area (Å²) >= 11 is 0. The number of hydrogen-bond acceptors (Lipinski definition) is 8. The summed E-state index contributed by atoms with van der Waals surface area (Å²) in [6, 6.07) is 7.83. The molecule has 3 aromatic rings. The maximum atomic E-state index is 12.9. The number of furan rings is 1. The minimum absolute atomic E-state index is 0.111. The van der Waals surface area contributed by atoms with Crippen molar-refractivity contribution in [3.05, 3.63) is 41.4 Å². The Kier molecular flexibility index (Phi) is 7.40. The highest BCUT2D eigenvalue weighted by atomic mass is 16.5. The van der Waals surface area contributed by atoms with Gasteiger partial charge in [0.2, 0.25) is 5.91 Å². The molecule has 3 aromatic heterocycles. The Hall–Kier alpha value is -3.08. The Bertz CT molecular complexity index is 1140. The number of rotatable bonds is 9. The van der Waals surface area contributed by atoms with E-state index in [1.807, 2.05) is 39.0 Å². The van der Waals surface area contributed by atoms with E-state index in [1.54, 1.807) is 17.9 Å². The quantitative estimate of drug-likeness (QED) is 0.512. The molecule has 0 unspecified atom stereocenters. The fourth-order valence-electron chi connectivity index (χ4n) is 4.25. The first-order valence-corrected chi connectivity index (χ1v) is 11.5. The number of nitrogens with one attached hydrogen (secondary N) is 1. The van der Waals surface area contributed by atoms with Gasteiger partial charge in [-0.05, 0) is 52.4 Å². The molecule has 34 heavy (non-hydrogen) atoms. The Morgan fingerprint density at radius 2 is 2.09 bits per heavy atom. The van der Waals surface area contributed by atoms with Crippen LogP contribution in [0.2, 0.25) is 0 Å². The van der Waals surface area contributed by atoms with E-state index >= 15 is 0 Å². The Morgan fingerprint density at radius 3 is 2.76 bits per heavy atom. The number of carbonyl (C=O) groups is 1. The molecule has 0 aromatic carbocycles. The lowest BCUT2D eigenvalue weighted by atomic mass is 10.2. The Morgan fingerprint density at radius 1 is 1.26 bits per heavy atom. The van der Waals surface area contributed by atoms with Gasteiger partial charge in [0.05, 0.1) is 18.8 Å². The van der Waals surface area contributed by atoms with Gasteiger partial charge < -0.3 is 14.5 Å². The van der Waals surface area contributed by atoms with Crippen LogP contribution in [-0.2, 0) is 9.53 Å². The van der Waals surface area contributed by atoms with Crippen molar-refractivity contribution < 1.29 is 13.9 Å². The first-order chi connectivity index (χ1) is 16.3. The van der Waals surface area contributed by atoms with E-state index < -0.39 is 0 Å². The van der Waals surface area contributed by atoms with Crippen molar-refractivity contribution in [2.45, 2.75) is 33.2 Å². The predicted octanol–water partition coefficient (Wildman–Crippen LogP) is 2.44. The molecule has 1 N–H and O–H groups in total. The van der Waals surface area contributed by atoms with Crippen LogP contribution in [0.25, 0.3) is 17.4 Å². The molecule has 0 aliphatic carbocycles. The molecule has 1 amide bonds. The topological polar surface area (TPSA) is 102 Å². The van der Waals surface area contributed by atoms with E-state index in [2.05, 4.69) is 37.2 Å². The standard InChI is InChI=1S/C24H33N7O3/c1-16-12-17(2)31(28-16)22-13-21(26-24(27-22)20-7-6-18(3)34-20)25-23(32)15-30-9-8-19(14-30)29(4)10-11-33-5/h6-7,12-13,19H,8-11,14-15H2,1-5H3,(H,25,26,27,32)/t19-/m1/s1. The number of likely N-dealkylation sites (tertiary alicyclic amines) is 1. The minimum Gasteiger partial charge on any atom is -0.458 e. The lowest BCUT2D eigenvalue weighted by Crippen LogP contribution is -2.38. The fraction of sp³-hybridized carbons (Fsp3) is 0.500. The van der Waals surface area contributed by atoms with Crippen molar-refractivity contribution in [2.75, 3.05) is 52.3 Å². The molecule has 0 saturated carbocycles. The highest BCUT2D eigenvalue weighted by molar-refractivity contribution is 5.91. The Labute approximate surface area is 199 Å². The van der Waals surface area contributed by atoms with Crippen LogP contribution in [0, 0.1) is 20.8 Å². The molecule has 182 valence electrons. The van der Waals surface area contributed by atoms with Gasteiger partial charge in [0, 0.05) is 44.5 Å². The zero-order chi connectivity index (χ0) is 24.2. The maximum absolute atomic E-state index is 12.9. The molecule has 0 radical (unpaired) electrons. The summed E-state index contributed by atoms with van der Waals surface area (Å²) in [6.07, 6.45) is 1.03. The van der Waals surface area contributed by atoms with Crippen LogP contribution in [0.5, 0.6) is 0 Å². The first kappa shape index (κ1) is 24.1. The lowest BCUT2D eigenvalue weighted by molar-refractivity contribution is -0.117. The minimum atomic E-state index is -0.111. The van der Waals surface area contributed by atoms with E-state index in [1.165, 1.54) is 0 Å². The van der Waals surface area contributed by atoms with E-state index in [-0.39, 0.29) is 5.91 Å². The van der Waals surface area contributed by atoms with Gasteiger partial charge >= 0.3 is 0 Å². The first-order valence-electron chi connectivity index (χ1n) is 11.5. The molecule has 4 rings (SSSR count). The number of anilines is 1. The van der Waals surface area contributed by atoms with E-state index in [9.17, 15) is 4.79 Å². The monoisotopic (exact) mass is 467 g/mol. The number of carbonyl (C=O) groups excluding carboxylic acids is 1. The molecule has 0 spiro atoms. The number of aromatic nitrogens is 4. The molecule has 4 heterocycles. The summed E-state index contributed by atoms with van der Waals surface area (Å²) in [6.45, 7) is 9.39. The number of amides is 1. The van der Waals surface area contributed by atoms with Gasteiger partial charge in [-0.25, -0.2) is 14.6 Å². The summed E-state index contributed by atoms with van der Waals surface area (Å²) in [5, 5.41) is 7.48. The summed E-state index contributed by atoms with van der Waals surface area (Å²) in [4.78, 5) is 26.6. The van der Waals surface area contributed by atoms with Gasteiger partial charge in [0.1, 0.15) is 11.6 Å². The molecule has 1 atom stereocenters. The van der Waals surface area contributed by atoms with Gasteiger partial charge in [-0.2, -0.15) is 5.10 Å². The number of likely N-dealkylation sites (N-methyl/N-ethyl adjacent to an activating group) is 1. The van der Waals surface area contributed by atoms with E-state index in [0.29, 0.717) is 42.4 Å². The van der Waals surface area contributed by atoms with Gasteiger partial charge in [-0.3, -0.25) is 14.6 Å². The third-order valence-electron chi connectivity index (χ3n) is 6.05. The largest absolute Gasteiger partial charge is 0.458 e. The average molecular weight is 468 g/mol. The van der Waals surface area contributed by atoms with Crippen molar-refractivity contribution >= 4 is 11.7 Å². The predicted molar refractivity (Wildman–Crippen MR) is 129 cm³/mol. The van der Waals surface area contributed by atoms with E-state index in [4.69, 9.17) is 9.15 Å². The van der Waals surface area contributed by atoms with Crippen molar-refractivity contribution in [1.29, 1.82) is 0 Å². The second-order valence-corrected chi connectivity index (χ2v) is 8.88. The third-order valence-corrected chi connectivity index (χ3v) is 6.05. The molecule has 10 heteroatoms. The van der Waals surface area contributed by atoms with Crippen LogP contribution >= 0.6 is 0 Å². The fourth-order valence-corrected chi connectivity index (χ4v) is 4.25. The number of aryl methyl sites for hydroxylation is 3. The van der Waals surface area contributed by atoms with Crippen LogP contribution in [0.1, 0.15) is 23.6 Å². The van der Waals surface area contributed by atoms with Gasteiger partial charge in [0.15, 0.2) is 17.4 Å². The normalized spacial score (nSPS) is 16.5. The lowest BCUT2D eigenvalue weighted by Gasteiger charge is -2.24. The smallest absolute Gasteiger partial charge is 0.239 e. The van der Waals surface area contributed by atoms with Crippen molar-refractivity contribution in [3.8, 4) is 17.4 Å². The second-order valence-electron chi connectivity index (χ2n) is 8.88. The van der Waals surface area contributed by atoms with Crippen molar-refractivity contribution in [2.24, 2.45) is 0 Å². The molecule has 1 fully saturated rings. The number of ether oxygens (including phenoxy) is 1. The van der Waals surface area contributed by atoms with Crippen molar-refractivity contribution in [3.63, 3.8) is 0 Å². The molecule has 1 aliphatic rings. The van der Waals surface area contributed by atoms with Crippen molar-refractivity contribution in [1.82, 2.24) is 29.5 Å². The van der Waals surface area contributed by atoms with Gasteiger partial charge in [-0.1, -0.05) is 0 Å². The van der Waals surface area contributed by atoms with E-state index in [0.717, 1.165) is 43.2 Å². The van der Waals surface area contributed by atoms with Crippen LogP contribution in [-0.4, -0.2) is 88.4 Å². The maximum Gasteiger partial charge on any atom is 0.239 e. The number of nitrogens with zero attached hydrogens (tertiary/aromatic N) is 6. The van der Waals surface area contributed by atoms with Gasteiger partial charge in [0.25, 0.3) is 0 Å². The SMILES string of the molecule is COCCN(C)[C@@H]1CCN(CC(=O)Nc2cc(-n3nc(C)cc3C)nc(-c3ccc(C)o3)n2)C1. The molecule has 0 bridgehead atoms. The highest BCUT2D eigenvalue weighted by Crippen LogP contribution is 2.23. The third kappa shape index (κ3) is 5.69. The second kappa shape index (κ2) is 10.5. The zero-order valence-electron chi connectivity index (χ0n) is 20.5. The van der Waals surface area contributed by atoms with Crippen LogP contribution in [0.3, 0.4) is 0 Å². The summed E-state index contributed by atoms with van der Waals surface area (Å²) in [5.41, 5.74) is 1.83. The highest BCUT2D eigenvalue weighted by Gasteiger charge is 2.27. The van der Waals surface area contributed by atoms with Crippen LogP contribution in [0.4, 0.5) is 5.82 Å². The molecular weight excluding hydrogens is 434 g/mol. The summed E-state index contributed by atoms with van der Waals surface area (Å²) in [7, 11) is 3.82. The Balaban J connectivity index is 1.49. The zero-order valence-corrected chi connectivity index (χ0v) is 20.5. The molecule has 10 nitrogen and oxygen atoms in total. The van der Waals surface area contributed by atoms with Crippen LogP contribution < -0.4 is 5.32 Å².